The number of fused-ring (bicyclic) bond motifs is 3. The summed E-state index contributed by atoms with van der Waals surface area (Å²) in [6.07, 6.45) is 4.64. The first-order chi connectivity index (χ1) is 14.1. The summed E-state index contributed by atoms with van der Waals surface area (Å²) in [7, 11) is 0. The Labute approximate surface area is 167 Å². The molecule has 0 amide bonds. The fraction of sp³-hybridized carbons (Fsp3) is 0. The van der Waals surface area contributed by atoms with Crippen molar-refractivity contribution in [2.24, 2.45) is 0 Å². The van der Waals surface area contributed by atoms with Gasteiger partial charge in [-0.15, -0.1) is 5.10 Å². The first-order valence-electron chi connectivity index (χ1n) is 8.47. The van der Waals surface area contributed by atoms with Crippen molar-refractivity contribution in [1.82, 2.24) is 30.4 Å². The molecule has 0 aliphatic rings. The molecule has 29 heavy (non-hydrogen) atoms. The van der Waals surface area contributed by atoms with E-state index in [1.807, 2.05) is 6.07 Å². The SMILES string of the molecule is O=[N+]([O-])c1cc2c(-c3ccccc3Cl)nc(-c3ccn[nH]3)cnc2c2cnnc12. The molecule has 9 nitrogen and oxygen atoms in total. The number of non-ortho nitro benzene ring substituents is 1. The topological polar surface area (TPSA) is 123 Å². The number of nitrogens with one attached hydrogen (secondary N) is 1. The second-order valence-corrected chi connectivity index (χ2v) is 6.62. The Morgan fingerprint density at radius 2 is 1.93 bits per heavy atom. The van der Waals surface area contributed by atoms with E-state index in [1.165, 1.54) is 12.3 Å². The molecule has 0 aliphatic carbocycles. The lowest BCUT2D eigenvalue weighted by Gasteiger charge is -2.05. The highest BCUT2D eigenvalue weighted by molar-refractivity contribution is 6.33. The molecule has 0 atom stereocenters. The minimum absolute atomic E-state index is 0.170. The average molecular weight is 404 g/mol. The number of rotatable bonds is 3. The van der Waals surface area contributed by atoms with Gasteiger partial charge in [-0.05, 0) is 12.1 Å². The third-order valence-corrected chi connectivity index (χ3v) is 4.87. The summed E-state index contributed by atoms with van der Waals surface area (Å²) in [6, 6.07) is 10.3. The molecule has 140 valence electrons. The van der Waals surface area contributed by atoms with Crippen LogP contribution in [-0.2, 0) is 0 Å². The third kappa shape index (κ3) is 2.75. The van der Waals surface area contributed by atoms with Crippen LogP contribution in [0, 0.1) is 10.1 Å². The van der Waals surface area contributed by atoms with Gasteiger partial charge < -0.3 is 0 Å². The monoisotopic (exact) mass is 403 g/mol. The number of hydrogen-bond acceptors (Lipinski definition) is 7. The molecule has 0 saturated heterocycles. The van der Waals surface area contributed by atoms with Crippen LogP contribution in [0.15, 0.2) is 55.0 Å². The Morgan fingerprint density at radius 3 is 2.69 bits per heavy atom. The lowest BCUT2D eigenvalue weighted by atomic mass is 10.0. The van der Waals surface area contributed by atoms with Crippen molar-refractivity contribution in [2.75, 3.05) is 0 Å². The normalized spacial score (nSPS) is 11.2. The van der Waals surface area contributed by atoms with Gasteiger partial charge in [-0.3, -0.25) is 20.2 Å². The summed E-state index contributed by atoms with van der Waals surface area (Å²) < 4.78 is 0. The maximum absolute atomic E-state index is 11.7. The van der Waals surface area contributed by atoms with Crippen molar-refractivity contribution in [3.05, 3.63) is 70.1 Å². The van der Waals surface area contributed by atoms with Gasteiger partial charge in [0.2, 0.25) is 0 Å². The molecule has 0 aliphatic heterocycles. The predicted molar refractivity (Wildman–Crippen MR) is 107 cm³/mol. The minimum Gasteiger partial charge on any atom is -0.276 e. The lowest BCUT2D eigenvalue weighted by molar-refractivity contribution is -0.383. The number of aromatic amines is 1. The predicted octanol–water partition coefficient (Wildman–Crippen LogP) is 4.19. The van der Waals surface area contributed by atoms with Crippen molar-refractivity contribution in [2.45, 2.75) is 0 Å². The number of benzene rings is 2. The molecule has 3 aromatic heterocycles. The quantitative estimate of drug-likeness (QED) is 0.353. The van der Waals surface area contributed by atoms with Crippen molar-refractivity contribution in [3.63, 3.8) is 0 Å². The standard InChI is InChI=1S/C19H10ClN7O2/c20-13-4-2-1-3-10(13)18-11-7-16(27(28)29)19-12(8-23-26-19)17(11)21-9-15(24-18)14-5-6-22-25-14/h1-9H,(H,22,25). The van der Waals surface area contributed by atoms with E-state index in [9.17, 15) is 10.1 Å². The minimum atomic E-state index is -0.490. The first-order valence-corrected chi connectivity index (χ1v) is 8.85. The van der Waals surface area contributed by atoms with E-state index in [4.69, 9.17) is 16.6 Å². The van der Waals surface area contributed by atoms with Gasteiger partial charge in [-0.2, -0.15) is 10.2 Å². The zero-order valence-corrected chi connectivity index (χ0v) is 15.3. The van der Waals surface area contributed by atoms with E-state index >= 15 is 0 Å². The lowest BCUT2D eigenvalue weighted by Crippen LogP contribution is -1.92. The Bertz CT molecular complexity index is 1400. The molecule has 0 saturated carbocycles. The highest BCUT2D eigenvalue weighted by Crippen LogP contribution is 2.37. The van der Waals surface area contributed by atoms with Gasteiger partial charge >= 0.3 is 0 Å². The van der Waals surface area contributed by atoms with Gasteiger partial charge in [0.1, 0.15) is 5.69 Å². The Balaban J connectivity index is 1.99. The summed E-state index contributed by atoms with van der Waals surface area (Å²) in [6.45, 7) is 0. The number of aromatic nitrogens is 6. The van der Waals surface area contributed by atoms with E-state index in [-0.39, 0.29) is 11.2 Å². The van der Waals surface area contributed by atoms with E-state index in [0.717, 1.165) is 0 Å². The molecule has 0 unspecified atom stereocenters. The summed E-state index contributed by atoms with van der Waals surface area (Å²) in [4.78, 5) is 20.5. The highest BCUT2D eigenvalue weighted by atomic mass is 35.5. The number of H-pyrrole nitrogens is 1. The average Bonchev–Trinajstić information content (AvgIpc) is 3.38. The van der Waals surface area contributed by atoms with Crippen LogP contribution in [0.3, 0.4) is 0 Å². The first kappa shape index (κ1) is 17.1. The Kier molecular flexibility index (Phi) is 3.88. The molecular formula is C19H10ClN7O2. The van der Waals surface area contributed by atoms with Crippen molar-refractivity contribution >= 4 is 39.1 Å². The van der Waals surface area contributed by atoms with Crippen molar-refractivity contribution in [3.8, 4) is 22.6 Å². The van der Waals surface area contributed by atoms with E-state index in [2.05, 4.69) is 25.4 Å². The Hall–Kier alpha value is -3.98. The third-order valence-electron chi connectivity index (χ3n) is 4.54. The van der Waals surface area contributed by atoms with Crippen LogP contribution in [0.5, 0.6) is 0 Å². The van der Waals surface area contributed by atoms with Crippen LogP contribution in [-0.4, -0.2) is 35.3 Å². The maximum atomic E-state index is 11.7. The number of halogens is 1. The van der Waals surface area contributed by atoms with E-state index in [1.54, 1.807) is 36.7 Å². The fourth-order valence-electron chi connectivity index (χ4n) is 3.22. The summed E-state index contributed by atoms with van der Waals surface area (Å²) in [5.74, 6) is 0. The van der Waals surface area contributed by atoms with Gasteiger partial charge in [0.25, 0.3) is 5.69 Å². The van der Waals surface area contributed by atoms with E-state index < -0.39 is 4.92 Å². The second-order valence-electron chi connectivity index (χ2n) is 6.21. The van der Waals surface area contributed by atoms with Gasteiger partial charge in [0.05, 0.1) is 39.6 Å². The van der Waals surface area contributed by atoms with Crippen molar-refractivity contribution < 1.29 is 4.92 Å². The molecule has 0 radical (unpaired) electrons. The molecule has 2 aromatic carbocycles. The molecular weight excluding hydrogens is 394 g/mol. The van der Waals surface area contributed by atoms with Crippen LogP contribution in [0.4, 0.5) is 5.69 Å². The molecule has 0 bridgehead atoms. The van der Waals surface area contributed by atoms with Crippen LogP contribution < -0.4 is 0 Å². The number of nitrogens with zero attached hydrogens (tertiary/aromatic N) is 6. The molecule has 10 heteroatoms. The summed E-state index contributed by atoms with van der Waals surface area (Å²) in [5, 5.41) is 27.6. The van der Waals surface area contributed by atoms with Crippen LogP contribution >= 0.6 is 11.6 Å². The molecule has 5 rings (SSSR count). The summed E-state index contributed by atoms with van der Waals surface area (Å²) in [5.41, 5.74) is 2.74. The van der Waals surface area contributed by atoms with Crippen LogP contribution in [0.1, 0.15) is 0 Å². The van der Waals surface area contributed by atoms with Gasteiger partial charge in [-0.25, -0.2) is 4.98 Å². The number of hydrogen-bond donors (Lipinski definition) is 1. The molecule has 0 fully saturated rings. The summed E-state index contributed by atoms with van der Waals surface area (Å²) >= 11 is 6.44. The Morgan fingerprint density at radius 1 is 1.07 bits per heavy atom. The zero-order valence-electron chi connectivity index (χ0n) is 14.6. The smallest absolute Gasteiger partial charge is 0.276 e. The zero-order chi connectivity index (χ0) is 20.0. The molecule has 3 heterocycles. The van der Waals surface area contributed by atoms with Gasteiger partial charge in [-0.1, -0.05) is 29.8 Å². The van der Waals surface area contributed by atoms with E-state index in [0.29, 0.717) is 44.0 Å². The van der Waals surface area contributed by atoms with Crippen molar-refractivity contribution in [1.29, 1.82) is 0 Å². The van der Waals surface area contributed by atoms with Gasteiger partial charge in [0.15, 0.2) is 5.52 Å². The second kappa shape index (κ2) is 6.57. The maximum Gasteiger partial charge on any atom is 0.298 e. The van der Waals surface area contributed by atoms with Gasteiger partial charge in [0, 0.05) is 28.2 Å². The molecule has 1 N–H and O–H groups in total. The molecule has 0 spiro atoms. The number of nitro benzene ring substituents is 1. The fourth-order valence-corrected chi connectivity index (χ4v) is 3.45. The largest absolute Gasteiger partial charge is 0.298 e. The van der Waals surface area contributed by atoms with Crippen LogP contribution in [0.25, 0.3) is 44.5 Å². The highest BCUT2D eigenvalue weighted by Gasteiger charge is 2.22. The molecule has 5 aromatic rings. The number of nitro groups is 1. The van der Waals surface area contributed by atoms with Crippen LogP contribution in [0.2, 0.25) is 5.02 Å².